The van der Waals surface area contributed by atoms with E-state index in [2.05, 4.69) is 41.7 Å². The van der Waals surface area contributed by atoms with Crippen LogP contribution in [-0.4, -0.2) is 6.54 Å². The van der Waals surface area contributed by atoms with Crippen molar-refractivity contribution in [2.75, 3.05) is 11.9 Å². The molecule has 0 amide bonds. The second-order valence-corrected chi connectivity index (χ2v) is 3.68. The maximum absolute atomic E-state index is 5.08. The van der Waals surface area contributed by atoms with Crippen molar-refractivity contribution in [2.45, 2.75) is 5.41 Å². The highest BCUT2D eigenvalue weighted by atomic mass is 16.5. The van der Waals surface area contributed by atoms with Crippen LogP contribution >= 0.6 is 0 Å². The lowest BCUT2D eigenvalue weighted by Gasteiger charge is -2.22. The zero-order valence-corrected chi connectivity index (χ0v) is 7.73. The Kier molecular flexibility index (Phi) is 1.45. The number of nitrogens with one attached hydrogen (secondary N) is 1. The molecule has 0 atom stereocenters. The summed E-state index contributed by atoms with van der Waals surface area (Å²) in [5.74, 6) is 0. The highest BCUT2D eigenvalue weighted by Crippen LogP contribution is 2.39. The van der Waals surface area contributed by atoms with Gasteiger partial charge in [0, 0.05) is 12.2 Å². The maximum atomic E-state index is 5.08. The van der Waals surface area contributed by atoms with Crippen LogP contribution in [0.25, 0.3) is 0 Å². The van der Waals surface area contributed by atoms with Crippen LogP contribution in [0.2, 0.25) is 0 Å². The smallest absolute Gasteiger partial charge is 0.0874 e. The van der Waals surface area contributed by atoms with E-state index in [0.29, 0.717) is 0 Å². The Bertz CT molecular complexity index is 408. The standard InChI is InChI=1S/C12H11NO/c1-2-4-11-10(3-1)12(9-13-11)5-7-14-8-6-12/h1-8,13H,9H2. The summed E-state index contributed by atoms with van der Waals surface area (Å²) in [6.45, 7) is 0.919. The van der Waals surface area contributed by atoms with Gasteiger partial charge in [0.1, 0.15) is 0 Å². The third kappa shape index (κ3) is 0.909. The first-order valence-corrected chi connectivity index (χ1v) is 4.75. The molecular formula is C12H11NO. The van der Waals surface area contributed by atoms with Gasteiger partial charge in [0.25, 0.3) is 0 Å². The molecule has 2 heterocycles. The van der Waals surface area contributed by atoms with Gasteiger partial charge in [0.15, 0.2) is 0 Å². The van der Waals surface area contributed by atoms with Crippen molar-refractivity contribution in [3.05, 3.63) is 54.5 Å². The lowest BCUT2D eigenvalue weighted by atomic mass is 9.82. The van der Waals surface area contributed by atoms with E-state index in [1.54, 1.807) is 12.5 Å². The van der Waals surface area contributed by atoms with Gasteiger partial charge in [0.2, 0.25) is 0 Å². The molecular weight excluding hydrogens is 174 g/mol. The van der Waals surface area contributed by atoms with Crippen LogP contribution in [0.15, 0.2) is 48.9 Å². The Morgan fingerprint density at radius 1 is 1.14 bits per heavy atom. The molecule has 3 rings (SSSR count). The van der Waals surface area contributed by atoms with Gasteiger partial charge < -0.3 is 10.1 Å². The van der Waals surface area contributed by atoms with Crippen molar-refractivity contribution in [3.63, 3.8) is 0 Å². The van der Waals surface area contributed by atoms with Gasteiger partial charge >= 0.3 is 0 Å². The molecule has 0 fully saturated rings. The number of fused-ring (bicyclic) bond motifs is 2. The first-order valence-electron chi connectivity index (χ1n) is 4.75. The van der Waals surface area contributed by atoms with Crippen LogP contribution in [0, 0.1) is 0 Å². The number of anilines is 1. The highest BCUT2D eigenvalue weighted by molar-refractivity contribution is 5.64. The fourth-order valence-corrected chi connectivity index (χ4v) is 2.10. The minimum Gasteiger partial charge on any atom is -0.473 e. The molecule has 0 aromatic heterocycles. The summed E-state index contributed by atoms with van der Waals surface area (Å²) >= 11 is 0. The molecule has 2 heteroatoms. The number of hydrogen-bond donors (Lipinski definition) is 1. The fourth-order valence-electron chi connectivity index (χ4n) is 2.10. The molecule has 0 unspecified atom stereocenters. The molecule has 0 radical (unpaired) electrons. The van der Waals surface area contributed by atoms with E-state index in [4.69, 9.17) is 4.74 Å². The molecule has 0 aliphatic carbocycles. The molecule has 0 bridgehead atoms. The van der Waals surface area contributed by atoms with Gasteiger partial charge in [-0.25, -0.2) is 0 Å². The van der Waals surface area contributed by atoms with Gasteiger partial charge in [-0.15, -0.1) is 0 Å². The van der Waals surface area contributed by atoms with Crippen LogP contribution in [0.3, 0.4) is 0 Å². The molecule has 2 nitrogen and oxygen atoms in total. The van der Waals surface area contributed by atoms with Gasteiger partial charge in [-0.3, -0.25) is 0 Å². The predicted octanol–water partition coefficient (Wildman–Crippen LogP) is 2.41. The van der Waals surface area contributed by atoms with E-state index in [9.17, 15) is 0 Å². The zero-order chi connectivity index (χ0) is 9.43. The molecule has 1 N–H and O–H groups in total. The van der Waals surface area contributed by atoms with E-state index >= 15 is 0 Å². The number of ether oxygens (including phenoxy) is 1. The molecule has 1 aromatic rings. The summed E-state index contributed by atoms with van der Waals surface area (Å²) in [6.07, 6.45) is 7.71. The Morgan fingerprint density at radius 3 is 2.79 bits per heavy atom. The highest BCUT2D eigenvalue weighted by Gasteiger charge is 2.35. The normalized spacial score (nSPS) is 20.3. The third-order valence-corrected chi connectivity index (χ3v) is 2.89. The van der Waals surface area contributed by atoms with E-state index in [1.807, 2.05) is 0 Å². The van der Waals surface area contributed by atoms with Crippen molar-refractivity contribution in [2.24, 2.45) is 0 Å². The number of benzene rings is 1. The summed E-state index contributed by atoms with van der Waals surface area (Å²) in [7, 11) is 0. The average Bonchev–Trinajstić information content (AvgIpc) is 2.60. The molecule has 0 saturated heterocycles. The lowest BCUT2D eigenvalue weighted by molar-refractivity contribution is 0.379. The molecule has 1 spiro atoms. The Morgan fingerprint density at radius 2 is 1.93 bits per heavy atom. The predicted molar refractivity (Wildman–Crippen MR) is 56.0 cm³/mol. The molecule has 2 aliphatic heterocycles. The second kappa shape index (κ2) is 2.64. The topological polar surface area (TPSA) is 21.3 Å². The van der Waals surface area contributed by atoms with Crippen molar-refractivity contribution >= 4 is 5.69 Å². The average molecular weight is 185 g/mol. The Labute approximate surface area is 82.9 Å². The first-order chi connectivity index (χ1) is 6.91. The third-order valence-electron chi connectivity index (χ3n) is 2.89. The molecule has 2 aliphatic rings. The monoisotopic (exact) mass is 185 g/mol. The van der Waals surface area contributed by atoms with Crippen molar-refractivity contribution in [1.82, 2.24) is 0 Å². The minimum absolute atomic E-state index is 0.00877. The van der Waals surface area contributed by atoms with Crippen LogP contribution in [0.1, 0.15) is 5.56 Å². The van der Waals surface area contributed by atoms with Crippen molar-refractivity contribution < 1.29 is 4.74 Å². The van der Waals surface area contributed by atoms with E-state index in [1.165, 1.54) is 11.3 Å². The summed E-state index contributed by atoms with van der Waals surface area (Å²) in [6, 6.07) is 8.40. The van der Waals surface area contributed by atoms with Crippen LogP contribution in [0.5, 0.6) is 0 Å². The second-order valence-electron chi connectivity index (χ2n) is 3.68. The fraction of sp³-hybridized carbons (Fsp3) is 0.167. The van der Waals surface area contributed by atoms with Gasteiger partial charge in [-0.05, 0) is 23.8 Å². The van der Waals surface area contributed by atoms with Gasteiger partial charge in [-0.2, -0.15) is 0 Å². The zero-order valence-electron chi connectivity index (χ0n) is 7.73. The summed E-state index contributed by atoms with van der Waals surface area (Å²) in [4.78, 5) is 0. The van der Waals surface area contributed by atoms with Crippen LogP contribution in [-0.2, 0) is 10.2 Å². The quantitative estimate of drug-likeness (QED) is 0.670. The van der Waals surface area contributed by atoms with E-state index < -0.39 is 0 Å². The summed E-state index contributed by atoms with van der Waals surface area (Å²) < 4.78 is 5.08. The number of hydrogen-bond acceptors (Lipinski definition) is 2. The SMILES string of the molecule is C1=CC2(C=CO1)CNc1ccccc12. The Hall–Kier alpha value is -1.70. The molecule has 1 aromatic carbocycles. The maximum Gasteiger partial charge on any atom is 0.0874 e. The number of rotatable bonds is 0. The summed E-state index contributed by atoms with van der Waals surface area (Å²) in [5, 5.41) is 3.40. The molecule has 70 valence electrons. The molecule has 0 saturated carbocycles. The molecule has 14 heavy (non-hydrogen) atoms. The first kappa shape index (κ1) is 7.68. The van der Waals surface area contributed by atoms with E-state index in [-0.39, 0.29) is 5.41 Å². The summed E-state index contributed by atoms with van der Waals surface area (Å²) in [5.41, 5.74) is 2.56. The van der Waals surface area contributed by atoms with Crippen LogP contribution in [0.4, 0.5) is 5.69 Å². The van der Waals surface area contributed by atoms with Crippen molar-refractivity contribution in [1.29, 1.82) is 0 Å². The van der Waals surface area contributed by atoms with Gasteiger partial charge in [-0.1, -0.05) is 18.2 Å². The van der Waals surface area contributed by atoms with Gasteiger partial charge in [0.05, 0.1) is 17.9 Å². The van der Waals surface area contributed by atoms with Crippen LogP contribution < -0.4 is 5.32 Å². The largest absolute Gasteiger partial charge is 0.473 e. The van der Waals surface area contributed by atoms with E-state index in [0.717, 1.165) is 6.54 Å². The number of para-hydroxylation sites is 1. The minimum atomic E-state index is 0.00877. The Balaban J connectivity index is 2.16. The van der Waals surface area contributed by atoms with Crippen molar-refractivity contribution in [3.8, 4) is 0 Å². The lowest BCUT2D eigenvalue weighted by Crippen LogP contribution is -2.24.